The van der Waals surface area contributed by atoms with Gasteiger partial charge in [0.2, 0.25) is 0 Å². The van der Waals surface area contributed by atoms with Crippen LogP contribution in [-0.4, -0.2) is 29.0 Å². The SMILES string of the molecule is CN(O)Cc1ccc(Cl)cc1NC(=O)OC(C)(C)C. The maximum atomic E-state index is 11.7. The minimum absolute atomic E-state index is 0.266. The van der Waals surface area contributed by atoms with Crippen molar-refractivity contribution >= 4 is 23.4 Å². The lowest BCUT2D eigenvalue weighted by molar-refractivity contribution is -0.0730. The molecule has 0 spiro atoms. The number of halogens is 1. The Bertz CT molecular complexity index is 456. The first-order valence-electron chi connectivity index (χ1n) is 5.86. The minimum Gasteiger partial charge on any atom is -0.444 e. The van der Waals surface area contributed by atoms with Crippen molar-refractivity contribution < 1.29 is 14.7 Å². The van der Waals surface area contributed by atoms with E-state index in [1.54, 1.807) is 39.0 Å². The summed E-state index contributed by atoms with van der Waals surface area (Å²) in [7, 11) is 1.52. The Balaban J connectivity index is 2.86. The zero-order chi connectivity index (χ0) is 14.6. The topological polar surface area (TPSA) is 61.8 Å². The first kappa shape index (κ1) is 15.8. The average Bonchev–Trinajstić information content (AvgIpc) is 2.18. The van der Waals surface area contributed by atoms with Crippen LogP contribution in [0.1, 0.15) is 26.3 Å². The fraction of sp³-hybridized carbons (Fsp3) is 0.462. The molecule has 0 heterocycles. The van der Waals surface area contributed by atoms with E-state index in [4.69, 9.17) is 16.3 Å². The van der Waals surface area contributed by atoms with E-state index in [1.807, 2.05) is 0 Å². The van der Waals surface area contributed by atoms with Crippen molar-refractivity contribution in [3.63, 3.8) is 0 Å². The normalized spacial score (nSPS) is 11.5. The number of hydrogen-bond acceptors (Lipinski definition) is 4. The summed E-state index contributed by atoms with van der Waals surface area (Å²) in [5, 5.41) is 13.4. The fourth-order valence-electron chi connectivity index (χ4n) is 1.46. The standard InChI is InChI=1S/C13H19ClN2O3/c1-13(2,3)19-12(17)15-11-7-10(14)6-5-9(11)8-16(4)18/h5-7,18H,8H2,1-4H3,(H,15,17). The van der Waals surface area contributed by atoms with Crippen LogP contribution in [0.4, 0.5) is 10.5 Å². The predicted octanol–water partition coefficient (Wildman–Crippen LogP) is 3.51. The lowest BCUT2D eigenvalue weighted by Crippen LogP contribution is -2.27. The number of ether oxygens (including phenoxy) is 1. The summed E-state index contributed by atoms with van der Waals surface area (Å²) >= 11 is 5.90. The lowest BCUT2D eigenvalue weighted by Gasteiger charge is -2.21. The number of carbonyl (C=O) groups is 1. The highest BCUT2D eigenvalue weighted by molar-refractivity contribution is 6.31. The summed E-state index contributed by atoms with van der Waals surface area (Å²) in [4.78, 5) is 11.7. The van der Waals surface area contributed by atoms with Gasteiger partial charge in [0.25, 0.3) is 0 Å². The van der Waals surface area contributed by atoms with E-state index in [0.717, 1.165) is 10.6 Å². The molecule has 1 aromatic carbocycles. The van der Waals surface area contributed by atoms with Crippen LogP contribution in [0.5, 0.6) is 0 Å². The van der Waals surface area contributed by atoms with Crippen LogP contribution >= 0.6 is 11.6 Å². The maximum Gasteiger partial charge on any atom is 0.412 e. The minimum atomic E-state index is -0.573. The van der Waals surface area contributed by atoms with Gasteiger partial charge in [-0.1, -0.05) is 17.7 Å². The van der Waals surface area contributed by atoms with Crippen LogP contribution in [0.2, 0.25) is 5.02 Å². The van der Waals surface area contributed by atoms with E-state index in [1.165, 1.54) is 7.05 Å². The summed E-state index contributed by atoms with van der Waals surface area (Å²) in [6.45, 7) is 5.62. The molecule has 2 N–H and O–H groups in total. The fourth-order valence-corrected chi connectivity index (χ4v) is 1.64. The number of anilines is 1. The third kappa shape index (κ3) is 5.92. The second-order valence-electron chi connectivity index (χ2n) is 5.24. The Morgan fingerprint density at radius 3 is 2.63 bits per heavy atom. The molecule has 0 fully saturated rings. The predicted molar refractivity (Wildman–Crippen MR) is 74.6 cm³/mol. The van der Waals surface area contributed by atoms with Gasteiger partial charge in [-0.25, -0.2) is 4.79 Å². The lowest BCUT2D eigenvalue weighted by atomic mass is 10.1. The highest BCUT2D eigenvalue weighted by Crippen LogP contribution is 2.23. The summed E-state index contributed by atoms with van der Waals surface area (Å²) in [6.07, 6.45) is -0.559. The zero-order valence-corrected chi connectivity index (χ0v) is 12.3. The molecule has 1 rings (SSSR count). The van der Waals surface area contributed by atoms with Crippen molar-refractivity contribution in [3.05, 3.63) is 28.8 Å². The summed E-state index contributed by atoms with van der Waals surface area (Å²) < 4.78 is 5.17. The molecule has 1 amide bonds. The second kappa shape index (κ2) is 6.23. The second-order valence-corrected chi connectivity index (χ2v) is 5.68. The number of hydroxylamine groups is 2. The van der Waals surface area contributed by atoms with E-state index in [9.17, 15) is 10.0 Å². The molecule has 106 valence electrons. The van der Waals surface area contributed by atoms with Gasteiger partial charge in [-0.3, -0.25) is 5.32 Å². The number of nitrogens with zero attached hydrogens (tertiary/aromatic N) is 1. The molecule has 0 aliphatic heterocycles. The average molecular weight is 287 g/mol. The van der Waals surface area contributed by atoms with E-state index in [2.05, 4.69) is 5.32 Å². The molecule has 0 radical (unpaired) electrons. The molecule has 0 aliphatic rings. The quantitative estimate of drug-likeness (QED) is 0.835. The number of nitrogens with one attached hydrogen (secondary N) is 1. The summed E-state index contributed by atoms with van der Waals surface area (Å²) in [5.74, 6) is 0. The molecule has 1 aromatic rings. The largest absolute Gasteiger partial charge is 0.444 e. The van der Waals surface area contributed by atoms with Crippen molar-refractivity contribution in [2.75, 3.05) is 12.4 Å². The molecule has 0 atom stereocenters. The molecule has 0 bridgehead atoms. The summed E-state index contributed by atoms with van der Waals surface area (Å²) in [6, 6.07) is 5.05. The first-order chi connectivity index (χ1) is 8.67. The number of benzene rings is 1. The highest BCUT2D eigenvalue weighted by Gasteiger charge is 2.17. The third-order valence-corrected chi connectivity index (χ3v) is 2.34. The molecule has 6 heteroatoms. The van der Waals surface area contributed by atoms with E-state index in [-0.39, 0.29) is 6.54 Å². The van der Waals surface area contributed by atoms with Gasteiger partial charge in [0.1, 0.15) is 5.60 Å². The van der Waals surface area contributed by atoms with Crippen LogP contribution < -0.4 is 5.32 Å². The van der Waals surface area contributed by atoms with Crippen LogP contribution in [0.15, 0.2) is 18.2 Å². The first-order valence-corrected chi connectivity index (χ1v) is 6.23. The van der Waals surface area contributed by atoms with Gasteiger partial charge >= 0.3 is 6.09 Å². The monoisotopic (exact) mass is 286 g/mol. The Kier molecular flexibility index (Phi) is 5.17. The number of carbonyl (C=O) groups excluding carboxylic acids is 1. The Labute approximate surface area is 118 Å². The van der Waals surface area contributed by atoms with E-state index < -0.39 is 11.7 Å². The molecule has 0 aliphatic carbocycles. The molecule has 5 nitrogen and oxygen atoms in total. The third-order valence-electron chi connectivity index (χ3n) is 2.11. The molecule has 0 unspecified atom stereocenters. The molecule has 19 heavy (non-hydrogen) atoms. The number of amides is 1. The number of hydrogen-bond donors (Lipinski definition) is 2. The highest BCUT2D eigenvalue weighted by atomic mass is 35.5. The van der Waals surface area contributed by atoms with Gasteiger partial charge in [-0.2, -0.15) is 5.06 Å². The van der Waals surface area contributed by atoms with Gasteiger partial charge in [0.15, 0.2) is 0 Å². The van der Waals surface area contributed by atoms with Crippen molar-refractivity contribution in [3.8, 4) is 0 Å². The molecule has 0 aromatic heterocycles. The van der Waals surface area contributed by atoms with Gasteiger partial charge in [-0.15, -0.1) is 0 Å². The van der Waals surface area contributed by atoms with Gasteiger partial charge in [-0.05, 0) is 38.5 Å². The van der Waals surface area contributed by atoms with Gasteiger partial charge in [0, 0.05) is 12.1 Å². The van der Waals surface area contributed by atoms with Crippen molar-refractivity contribution in [2.24, 2.45) is 0 Å². The molecular formula is C13H19ClN2O3. The Morgan fingerprint density at radius 2 is 2.11 bits per heavy atom. The molecule has 0 saturated carbocycles. The molecular weight excluding hydrogens is 268 g/mol. The van der Waals surface area contributed by atoms with Crippen LogP contribution in [0.3, 0.4) is 0 Å². The maximum absolute atomic E-state index is 11.7. The Hall–Kier alpha value is -1.30. The zero-order valence-electron chi connectivity index (χ0n) is 11.5. The molecule has 0 saturated heterocycles. The van der Waals surface area contributed by atoms with Crippen LogP contribution in [-0.2, 0) is 11.3 Å². The van der Waals surface area contributed by atoms with Gasteiger partial charge in [0.05, 0.1) is 12.2 Å². The van der Waals surface area contributed by atoms with Gasteiger partial charge < -0.3 is 9.94 Å². The smallest absolute Gasteiger partial charge is 0.412 e. The summed E-state index contributed by atoms with van der Waals surface area (Å²) in [5.41, 5.74) is 0.680. The van der Waals surface area contributed by atoms with E-state index in [0.29, 0.717) is 10.7 Å². The van der Waals surface area contributed by atoms with Crippen molar-refractivity contribution in [1.82, 2.24) is 5.06 Å². The van der Waals surface area contributed by atoms with E-state index >= 15 is 0 Å². The Morgan fingerprint density at radius 1 is 1.47 bits per heavy atom. The van der Waals surface area contributed by atoms with Crippen LogP contribution in [0, 0.1) is 0 Å². The van der Waals surface area contributed by atoms with Crippen LogP contribution in [0.25, 0.3) is 0 Å². The number of rotatable bonds is 3. The van der Waals surface area contributed by atoms with Crippen molar-refractivity contribution in [1.29, 1.82) is 0 Å². The van der Waals surface area contributed by atoms with Crippen molar-refractivity contribution in [2.45, 2.75) is 32.9 Å².